The molecule has 0 atom stereocenters. The molecule has 0 saturated carbocycles. The number of nitrogens with one attached hydrogen (secondary N) is 2. The van der Waals surface area contributed by atoms with Crippen LogP contribution < -0.4 is 10.6 Å². The molecule has 0 saturated heterocycles. The molecule has 4 nitrogen and oxygen atoms in total. The van der Waals surface area contributed by atoms with Gasteiger partial charge in [-0.15, -0.1) is 0 Å². The highest BCUT2D eigenvalue weighted by Gasteiger charge is 2.04. The summed E-state index contributed by atoms with van der Waals surface area (Å²) in [5.41, 5.74) is 2.92. The summed E-state index contributed by atoms with van der Waals surface area (Å²) >= 11 is 5.85. The lowest BCUT2D eigenvalue weighted by atomic mass is 10.1. The maximum absolute atomic E-state index is 11.9. The van der Waals surface area contributed by atoms with Gasteiger partial charge in [0.25, 0.3) is 0 Å². The van der Waals surface area contributed by atoms with Gasteiger partial charge < -0.3 is 5.32 Å². The summed E-state index contributed by atoms with van der Waals surface area (Å²) in [6.07, 6.45) is 1.53. The van der Waals surface area contributed by atoms with Gasteiger partial charge in [-0.25, -0.2) is 9.78 Å². The summed E-state index contributed by atoms with van der Waals surface area (Å²) < 4.78 is 0. The summed E-state index contributed by atoms with van der Waals surface area (Å²) in [5.74, 6) is 0.399. The second-order valence-corrected chi connectivity index (χ2v) is 5.32. The van der Waals surface area contributed by atoms with Gasteiger partial charge in [0.05, 0.1) is 0 Å². The van der Waals surface area contributed by atoms with E-state index in [0.29, 0.717) is 16.5 Å². The topological polar surface area (TPSA) is 54.0 Å². The van der Waals surface area contributed by atoms with Gasteiger partial charge in [0, 0.05) is 16.9 Å². The molecule has 0 bridgehead atoms. The molecule has 0 fully saturated rings. The van der Waals surface area contributed by atoms with Crippen molar-refractivity contribution in [2.75, 3.05) is 10.6 Å². The molecular weight excluding hydrogens is 310 g/mol. The summed E-state index contributed by atoms with van der Waals surface area (Å²) in [4.78, 5) is 16.0. The van der Waals surface area contributed by atoms with Gasteiger partial charge in [-0.05, 0) is 35.4 Å². The van der Waals surface area contributed by atoms with Crippen LogP contribution in [-0.2, 0) is 0 Å². The van der Waals surface area contributed by atoms with E-state index in [4.69, 9.17) is 11.6 Å². The smallest absolute Gasteiger partial charge is 0.308 e. The number of amides is 2. The van der Waals surface area contributed by atoms with E-state index in [9.17, 15) is 4.79 Å². The number of benzene rings is 2. The van der Waals surface area contributed by atoms with Crippen molar-refractivity contribution >= 4 is 29.1 Å². The van der Waals surface area contributed by atoms with Crippen LogP contribution in [0, 0.1) is 0 Å². The average Bonchev–Trinajstić information content (AvgIpc) is 2.56. The molecule has 2 N–H and O–H groups in total. The van der Waals surface area contributed by atoms with Crippen molar-refractivity contribution in [3.8, 4) is 11.1 Å². The van der Waals surface area contributed by atoms with Crippen molar-refractivity contribution in [2.45, 2.75) is 0 Å². The van der Waals surface area contributed by atoms with Crippen LogP contribution in [0.15, 0.2) is 72.9 Å². The van der Waals surface area contributed by atoms with Gasteiger partial charge in [0.15, 0.2) is 0 Å². The highest BCUT2D eigenvalue weighted by molar-refractivity contribution is 6.30. The Morgan fingerprint density at radius 3 is 2.26 bits per heavy atom. The van der Waals surface area contributed by atoms with Crippen molar-refractivity contribution in [2.24, 2.45) is 0 Å². The largest absolute Gasteiger partial charge is 0.324 e. The zero-order valence-electron chi connectivity index (χ0n) is 12.2. The fourth-order valence-electron chi connectivity index (χ4n) is 2.13. The number of hydrogen-bond acceptors (Lipinski definition) is 2. The molecule has 1 aromatic heterocycles. The molecule has 5 heteroatoms. The number of anilines is 2. The Hall–Kier alpha value is -2.85. The number of nitrogens with zero attached hydrogens (tertiary/aromatic N) is 1. The Kier molecular flexibility index (Phi) is 4.54. The Morgan fingerprint density at radius 2 is 1.57 bits per heavy atom. The summed E-state index contributed by atoms with van der Waals surface area (Å²) in [6.45, 7) is 0. The molecule has 0 radical (unpaired) electrons. The number of hydrogen-bond donors (Lipinski definition) is 2. The minimum Gasteiger partial charge on any atom is -0.308 e. The quantitative estimate of drug-likeness (QED) is 0.709. The number of urea groups is 1. The predicted molar refractivity (Wildman–Crippen MR) is 93.8 cm³/mol. The summed E-state index contributed by atoms with van der Waals surface area (Å²) in [5, 5.41) is 5.90. The van der Waals surface area contributed by atoms with Gasteiger partial charge in [-0.3, -0.25) is 5.32 Å². The van der Waals surface area contributed by atoms with Gasteiger partial charge in [0.1, 0.15) is 5.82 Å². The molecule has 114 valence electrons. The zero-order chi connectivity index (χ0) is 16.1. The Balaban J connectivity index is 1.65. The van der Waals surface area contributed by atoms with Crippen LogP contribution in [-0.4, -0.2) is 11.0 Å². The lowest BCUT2D eigenvalue weighted by molar-refractivity contribution is 0.262. The monoisotopic (exact) mass is 323 g/mol. The average molecular weight is 324 g/mol. The van der Waals surface area contributed by atoms with Crippen LogP contribution in [0.1, 0.15) is 0 Å². The second-order valence-electron chi connectivity index (χ2n) is 4.88. The van der Waals surface area contributed by atoms with Crippen molar-refractivity contribution in [1.29, 1.82) is 0 Å². The predicted octanol–water partition coefficient (Wildman–Crippen LogP) is 5.05. The number of rotatable bonds is 3. The molecule has 3 aromatic rings. The highest BCUT2D eigenvalue weighted by Crippen LogP contribution is 2.21. The van der Waals surface area contributed by atoms with Gasteiger partial charge >= 0.3 is 6.03 Å². The van der Waals surface area contributed by atoms with E-state index in [0.717, 1.165) is 11.1 Å². The van der Waals surface area contributed by atoms with Crippen molar-refractivity contribution in [1.82, 2.24) is 4.98 Å². The fourth-order valence-corrected chi connectivity index (χ4v) is 2.29. The van der Waals surface area contributed by atoms with E-state index in [-0.39, 0.29) is 6.03 Å². The number of carbonyl (C=O) groups is 1. The first-order valence-electron chi connectivity index (χ1n) is 7.06. The van der Waals surface area contributed by atoms with Crippen molar-refractivity contribution in [3.63, 3.8) is 0 Å². The number of halogens is 1. The van der Waals surface area contributed by atoms with Crippen molar-refractivity contribution in [3.05, 3.63) is 77.9 Å². The minimum absolute atomic E-state index is 0.368. The molecule has 0 aliphatic heterocycles. The van der Waals surface area contributed by atoms with E-state index in [2.05, 4.69) is 15.6 Å². The molecule has 2 amide bonds. The lowest BCUT2D eigenvalue weighted by Crippen LogP contribution is -2.19. The third kappa shape index (κ3) is 4.08. The Labute approximate surface area is 139 Å². The lowest BCUT2D eigenvalue weighted by Gasteiger charge is -2.08. The molecule has 0 unspecified atom stereocenters. The molecule has 0 aliphatic rings. The van der Waals surface area contributed by atoms with Crippen LogP contribution in [0.5, 0.6) is 0 Å². The van der Waals surface area contributed by atoms with Gasteiger partial charge in [-0.1, -0.05) is 54.1 Å². The van der Waals surface area contributed by atoms with Crippen LogP contribution >= 0.6 is 11.6 Å². The SMILES string of the molecule is O=C(Nc1ccc(-c2ccccc2)cc1)Nc1cc(Cl)ccn1. The maximum atomic E-state index is 11.9. The van der Waals surface area contributed by atoms with Gasteiger partial charge in [0.2, 0.25) is 0 Å². The van der Waals surface area contributed by atoms with Crippen LogP contribution in [0.2, 0.25) is 5.02 Å². The standard InChI is InChI=1S/C18H14ClN3O/c19-15-10-11-20-17(12-15)22-18(23)21-16-8-6-14(7-9-16)13-4-2-1-3-5-13/h1-12H,(H2,20,21,22,23). The molecule has 3 rings (SSSR count). The first-order valence-corrected chi connectivity index (χ1v) is 7.43. The second kappa shape index (κ2) is 6.94. The van der Waals surface area contributed by atoms with E-state index in [1.54, 1.807) is 12.1 Å². The maximum Gasteiger partial charge on any atom is 0.324 e. The minimum atomic E-state index is -0.368. The Bertz CT molecular complexity index is 804. The van der Waals surface area contributed by atoms with Crippen LogP contribution in [0.4, 0.5) is 16.3 Å². The van der Waals surface area contributed by atoms with E-state index < -0.39 is 0 Å². The number of carbonyl (C=O) groups excluding carboxylic acids is 1. The van der Waals surface area contributed by atoms with E-state index in [1.165, 1.54) is 6.20 Å². The molecule has 0 spiro atoms. The number of pyridine rings is 1. The van der Waals surface area contributed by atoms with E-state index >= 15 is 0 Å². The molecular formula is C18H14ClN3O. The Morgan fingerprint density at radius 1 is 0.870 bits per heavy atom. The summed E-state index contributed by atoms with van der Waals surface area (Å²) in [6, 6.07) is 20.5. The first-order chi connectivity index (χ1) is 11.2. The molecule has 0 aliphatic carbocycles. The first kappa shape index (κ1) is 15.1. The third-order valence-corrected chi connectivity index (χ3v) is 3.45. The van der Waals surface area contributed by atoms with E-state index in [1.807, 2.05) is 54.6 Å². The van der Waals surface area contributed by atoms with Gasteiger partial charge in [-0.2, -0.15) is 0 Å². The van der Waals surface area contributed by atoms with Crippen molar-refractivity contribution < 1.29 is 4.79 Å². The molecule has 1 heterocycles. The van der Waals surface area contributed by atoms with Crippen LogP contribution in [0.3, 0.4) is 0 Å². The number of aromatic nitrogens is 1. The summed E-state index contributed by atoms with van der Waals surface area (Å²) in [7, 11) is 0. The van der Waals surface area contributed by atoms with Crippen LogP contribution in [0.25, 0.3) is 11.1 Å². The zero-order valence-corrected chi connectivity index (χ0v) is 12.9. The third-order valence-electron chi connectivity index (χ3n) is 3.21. The highest BCUT2D eigenvalue weighted by atomic mass is 35.5. The fraction of sp³-hybridized carbons (Fsp3) is 0. The molecule has 23 heavy (non-hydrogen) atoms. The normalized spacial score (nSPS) is 10.1. The molecule has 2 aromatic carbocycles.